The maximum Gasteiger partial charge on any atom is 0.0415 e. The molecule has 3 nitrogen and oxygen atoms in total. The van der Waals surface area contributed by atoms with Crippen molar-refractivity contribution in [3.8, 4) is 0 Å². The zero-order chi connectivity index (χ0) is 11.9. The Labute approximate surface area is 102 Å². The first-order chi connectivity index (χ1) is 8.38. The second kappa shape index (κ2) is 6.01. The summed E-state index contributed by atoms with van der Waals surface area (Å²) in [5.41, 5.74) is 8.98. The average molecular weight is 227 g/mol. The molecule has 0 saturated carbocycles. The van der Waals surface area contributed by atoms with E-state index in [0.717, 1.165) is 30.8 Å². The third-order valence-electron chi connectivity index (χ3n) is 2.57. The Bertz CT molecular complexity index is 454. The first-order valence-electron chi connectivity index (χ1n) is 5.84. The van der Waals surface area contributed by atoms with Crippen molar-refractivity contribution in [3.05, 3.63) is 54.4 Å². The van der Waals surface area contributed by atoms with E-state index in [1.54, 1.807) is 12.4 Å². The second-order valence-corrected chi connectivity index (χ2v) is 3.95. The van der Waals surface area contributed by atoms with Crippen molar-refractivity contribution >= 4 is 11.4 Å². The Hall–Kier alpha value is -1.87. The van der Waals surface area contributed by atoms with E-state index in [0.29, 0.717) is 0 Å². The van der Waals surface area contributed by atoms with Gasteiger partial charge in [0.2, 0.25) is 0 Å². The summed E-state index contributed by atoms with van der Waals surface area (Å²) in [6.45, 7) is 0.738. The Morgan fingerprint density at radius 1 is 1.06 bits per heavy atom. The third kappa shape index (κ3) is 3.57. The second-order valence-electron chi connectivity index (χ2n) is 3.95. The van der Waals surface area contributed by atoms with E-state index in [1.165, 1.54) is 5.56 Å². The summed E-state index contributed by atoms with van der Waals surface area (Å²) >= 11 is 0. The van der Waals surface area contributed by atoms with Crippen molar-refractivity contribution in [1.82, 2.24) is 4.98 Å². The maximum absolute atomic E-state index is 5.52. The number of aromatic nitrogens is 1. The van der Waals surface area contributed by atoms with Crippen LogP contribution in [0.2, 0.25) is 0 Å². The first kappa shape index (κ1) is 11.6. The molecule has 17 heavy (non-hydrogen) atoms. The van der Waals surface area contributed by atoms with Gasteiger partial charge in [0.15, 0.2) is 0 Å². The summed E-state index contributed by atoms with van der Waals surface area (Å²) in [5.74, 6) is 0. The highest BCUT2D eigenvalue weighted by atomic mass is 14.9. The fourth-order valence-electron chi connectivity index (χ4n) is 1.71. The monoisotopic (exact) mass is 227 g/mol. The van der Waals surface area contributed by atoms with Crippen LogP contribution in [-0.2, 0) is 6.42 Å². The molecule has 88 valence electrons. The van der Waals surface area contributed by atoms with Crippen molar-refractivity contribution in [2.24, 2.45) is 5.73 Å². The van der Waals surface area contributed by atoms with Gasteiger partial charge in [-0.15, -0.1) is 0 Å². The molecule has 2 rings (SSSR count). The van der Waals surface area contributed by atoms with E-state index in [2.05, 4.69) is 34.6 Å². The standard InChI is InChI=1S/C14H17N3/c15-8-2-4-12-3-1-5-14(11-12)17-13-6-9-16-10-7-13/h1,3,5-7,9-11H,2,4,8,15H2,(H,16,17). The van der Waals surface area contributed by atoms with Crippen LogP contribution in [0.15, 0.2) is 48.8 Å². The molecule has 0 aliphatic rings. The van der Waals surface area contributed by atoms with Crippen molar-refractivity contribution in [3.63, 3.8) is 0 Å². The minimum atomic E-state index is 0.738. The third-order valence-corrected chi connectivity index (χ3v) is 2.57. The van der Waals surface area contributed by atoms with Gasteiger partial charge in [0, 0.05) is 23.8 Å². The zero-order valence-corrected chi connectivity index (χ0v) is 9.76. The van der Waals surface area contributed by atoms with E-state index >= 15 is 0 Å². The van der Waals surface area contributed by atoms with Gasteiger partial charge in [-0.05, 0) is 49.2 Å². The van der Waals surface area contributed by atoms with Gasteiger partial charge in [-0.3, -0.25) is 4.98 Å². The molecule has 0 fully saturated rings. The summed E-state index contributed by atoms with van der Waals surface area (Å²) in [7, 11) is 0. The molecule has 0 atom stereocenters. The number of pyridine rings is 1. The Balaban J connectivity index is 2.06. The molecule has 1 heterocycles. The first-order valence-corrected chi connectivity index (χ1v) is 5.84. The van der Waals surface area contributed by atoms with Crippen LogP contribution in [0.4, 0.5) is 11.4 Å². The molecular formula is C14H17N3. The average Bonchev–Trinajstić information content (AvgIpc) is 2.38. The molecule has 0 aliphatic heterocycles. The van der Waals surface area contributed by atoms with Gasteiger partial charge in [-0.2, -0.15) is 0 Å². The molecule has 0 saturated heterocycles. The van der Waals surface area contributed by atoms with E-state index in [1.807, 2.05) is 12.1 Å². The molecule has 1 aromatic carbocycles. The van der Waals surface area contributed by atoms with E-state index < -0.39 is 0 Å². The van der Waals surface area contributed by atoms with Crippen LogP contribution < -0.4 is 11.1 Å². The molecule has 3 N–H and O–H groups in total. The quantitative estimate of drug-likeness (QED) is 0.825. The summed E-state index contributed by atoms with van der Waals surface area (Å²) < 4.78 is 0. The van der Waals surface area contributed by atoms with Crippen LogP contribution >= 0.6 is 0 Å². The van der Waals surface area contributed by atoms with Crippen molar-refractivity contribution in [2.75, 3.05) is 11.9 Å². The van der Waals surface area contributed by atoms with Gasteiger partial charge in [0.1, 0.15) is 0 Å². The van der Waals surface area contributed by atoms with Gasteiger partial charge < -0.3 is 11.1 Å². The van der Waals surface area contributed by atoms with Crippen LogP contribution in [0.3, 0.4) is 0 Å². The van der Waals surface area contributed by atoms with Crippen LogP contribution in [0, 0.1) is 0 Å². The van der Waals surface area contributed by atoms with Gasteiger partial charge in [0.25, 0.3) is 0 Å². The Morgan fingerprint density at radius 3 is 2.65 bits per heavy atom. The zero-order valence-electron chi connectivity index (χ0n) is 9.76. The fraction of sp³-hybridized carbons (Fsp3) is 0.214. The molecule has 0 radical (unpaired) electrons. The van der Waals surface area contributed by atoms with Gasteiger partial charge in [0.05, 0.1) is 0 Å². The van der Waals surface area contributed by atoms with Gasteiger partial charge in [-0.1, -0.05) is 12.1 Å². The highest BCUT2D eigenvalue weighted by molar-refractivity contribution is 5.59. The molecule has 0 amide bonds. The summed E-state index contributed by atoms with van der Waals surface area (Å²) in [4.78, 5) is 3.99. The summed E-state index contributed by atoms with van der Waals surface area (Å²) in [6, 6.07) is 12.3. The van der Waals surface area contributed by atoms with E-state index in [-0.39, 0.29) is 0 Å². The summed E-state index contributed by atoms with van der Waals surface area (Å²) in [5, 5.41) is 3.35. The summed E-state index contributed by atoms with van der Waals surface area (Å²) in [6.07, 6.45) is 5.61. The predicted octanol–water partition coefficient (Wildman–Crippen LogP) is 2.72. The number of nitrogens with two attached hydrogens (primary N) is 1. The predicted molar refractivity (Wildman–Crippen MR) is 71.3 cm³/mol. The van der Waals surface area contributed by atoms with Crippen LogP contribution in [0.25, 0.3) is 0 Å². The highest BCUT2D eigenvalue weighted by Gasteiger charge is 1.96. The number of anilines is 2. The lowest BCUT2D eigenvalue weighted by atomic mass is 10.1. The molecule has 0 bridgehead atoms. The van der Waals surface area contributed by atoms with E-state index in [9.17, 15) is 0 Å². The number of nitrogens with zero attached hydrogens (tertiary/aromatic N) is 1. The minimum absolute atomic E-state index is 0.738. The topological polar surface area (TPSA) is 50.9 Å². The normalized spacial score (nSPS) is 10.2. The minimum Gasteiger partial charge on any atom is -0.355 e. The molecule has 1 aromatic heterocycles. The number of benzene rings is 1. The molecule has 3 heteroatoms. The lowest BCUT2D eigenvalue weighted by molar-refractivity contribution is 0.833. The van der Waals surface area contributed by atoms with Crippen molar-refractivity contribution < 1.29 is 0 Å². The van der Waals surface area contributed by atoms with Gasteiger partial charge >= 0.3 is 0 Å². The lowest BCUT2D eigenvalue weighted by Gasteiger charge is -2.07. The smallest absolute Gasteiger partial charge is 0.0415 e. The van der Waals surface area contributed by atoms with Gasteiger partial charge in [-0.25, -0.2) is 0 Å². The van der Waals surface area contributed by atoms with Crippen LogP contribution in [0.1, 0.15) is 12.0 Å². The SMILES string of the molecule is NCCCc1cccc(Nc2ccncc2)c1. The van der Waals surface area contributed by atoms with E-state index in [4.69, 9.17) is 5.73 Å². The molecule has 0 aliphatic carbocycles. The Morgan fingerprint density at radius 2 is 1.88 bits per heavy atom. The number of hydrogen-bond donors (Lipinski definition) is 2. The number of aryl methyl sites for hydroxylation is 1. The molecule has 0 unspecified atom stereocenters. The van der Waals surface area contributed by atoms with Crippen LogP contribution in [0.5, 0.6) is 0 Å². The Kier molecular flexibility index (Phi) is 4.11. The molecular weight excluding hydrogens is 210 g/mol. The number of nitrogens with one attached hydrogen (secondary N) is 1. The maximum atomic E-state index is 5.52. The largest absolute Gasteiger partial charge is 0.355 e. The van der Waals surface area contributed by atoms with Crippen molar-refractivity contribution in [2.45, 2.75) is 12.8 Å². The van der Waals surface area contributed by atoms with Crippen molar-refractivity contribution in [1.29, 1.82) is 0 Å². The lowest BCUT2D eigenvalue weighted by Crippen LogP contribution is -2.00. The fourth-order valence-corrected chi connectivity index (χ4v) is 1.71. The number of rotatable bonds is 5. The van der Waals surface area contributed by atoms with Crippen LogP contribution in [-0.4, -0.2) is 11.5 Å². The number of hydrogen-bond acceptors (Lipinski definition) is 3. The molecule has 0 spiro atoms. The molecule has 2 aromatic rings. The highest BCUT2D eigenvalue weighted by Crippen LogP contribution is 2.17.